The Hall–Kier alpha value is -1.57. The van der Waals surface area contributed by atoms with Gasteiger partial charge in [-0.05, 0) is 23.8 Å². The molecule has 0 unspecified atom stereocenters. The largest absolute Gasteiger partial charge is 0.416 e. The Morgan fingerprint density at radius 3 is 2.24 bits per heavy atom. The van der Waals surface area contributed by atoms with Crippen molar-refractivity contribution in [2.45, 2.75) is 11.6 Å². The predicted molar refractivity (Wildman–Crippen MR) is 52.7 cm³/mol. The Kier molecular flexibility index (Phi) is 3.76. The van der Waals surface area contributed by atoms with Gasteiger partial charge in [-0.15, -0.1) is 6.42 Å². The highest BCUT2D eigenvalue weighted by Gasteiger charge is 2.35. The van der Waals surface area contributed by atoms with E-state index in [1.807, 2.05) is 5.92 Å². The molecule has 0 nitrogen and oxygen atoms in total. The summed E-state index contributed by atoms with van der Waals surface area (Å²) in [7, 11) is 0. The Labute approximate surface area is 95.4 Å². The molecule has 0 atom stereocenters. The lowest BCUT2D eigenvalue weighted by atomic mass is 9.83. The second kappa shape index (κ2) is 4.74. The zero-order valence-corrected chi connectivity index (χ0v) is 8.61. The minimum atomic E-state index is -4.59. The fourth-order valence-corrected chi connectivity index (χ4v) is 1.25. The first kappa shape index (κ1) is 13.5. The third-order valence-corrected chi connectivity index (χ3v) is 2.38. The van der Waals surface area contributed by atoms with Crippen LogP contribution in [0.25, 0.3) is 0 Å². The van der Waals surface area contributed by atoms with Gasteiger partial charge in [-0.3, -0.25) is 0 Å². The average Bonchev–Trinajstić information content (AvgIpc) is 2.31. The average molecular weight is 247 g/mol. The van der Waals surface area contributed by atoms with E-state index in [0.717, 1.165) is 12.1 Å². The van der Waals surface area contributed by atoms with Crippen LogP contribution in [0.5, 0.6) is 0 Å². The molecular weight excluding hydrogens is 239 g/mol. The van der Waals surface area contributed by atoms with Gasteiger partial charge in [-0.1, -0.05) is 12.0 Å². The summed E-state index contributed by atoms with van der Waals surface area (Å²) in [6.45, 7) is -2.56. The van der Waals surface area contributed by atoms with Crippen molar-refractivity contribution in [2.75, 3.05) is 13.3 Å². The number of rotatable bonds is 3. The molecule has 1 aromatic carbocycles. The lowest BCUT2D eigenvalue weighted by Crippen LogP contribution is -2.30. The summed E-state index contributed by atoms with van der Waals surface area (Å²) < 4.78 is 62.7. The van der Waals surface area contributed by atoms with Crippen molar-refractivity contribution in [3.05, 3.63) is 35.4 Å². The highest BCUT2D eigenvalue weighted by molar-refractivity contribution is 5.37. The van der Waals surface area contributed by atoms with Gasteiger partial charge < -0.3 is 0 Å². The predicted octanol–water partition coefficient (Wildman–Crippen LogP) is 3.32. The molecule has 0 saturated heterocycles. The number of benzene rings is 1. The molecule has 0 fully saturated rings. The summed E-state index contributed by atoms with van der Waals surface area (Å²) in [5.74, 6) is 1.86. The fraction of sp³-hybridized carbons (Fsp3) is 0.333. The van der Waals surface area contributed by atoms with Crippen LogP contribution in [0, 0.1) is 18.4 Å². The maximum Gasteiger partial charge on any atom is 0.416 e. The van der Waals surface area contributed by atoms with E-state index in [4.69, 9.17) is 6.42 Å². The summed E-state index contributed by atoms with van der Waals surface area (Å²) in [4.78, 5) is 0. The molecule has 0 spiro atoms. The highest BCUT2D eigenvalue weighted by atomic mass is 19.4. The highest BCUT2D eigenvalue weighted by Crippen LogP contribution is 2.33. The van der Waals surface area contributed by atoms with Gasteiger partial charge in [-0.25, -0.2) is 8.78 Å². The Bertz CT molecular complexity index is 423. The van der Waals surface area contributed by atoms with Crippen LogP contribution >= 0.6 is 0 Å². The number of hydrogen-bond acceptors (Lipinski definition) is 0. The third kappa shape index (κ3) is 2.57. The first-order valence-electron chi connectivity index (χ1n) is 4.59. The van der Waals surface area contributed by atoms with E-state index in [9.17, 15) is 22.0 Å². The van der Waals surface area contributed by atoms with Crippen molar-refractivity contribution < 1.29 is 22.0 Å². The minimum absolute atomic E-state index is 0.306. The summed E-state index contributed by atoms with van der Waals surface area (Å²) in [5.41, 5.74) is -3.30. The van der Waals surface area contributed by atoms with Crippen molar-refractivity contribution in [1.29, 1.82) is 0 Å². The SMILES string of the molecule is C#CC(CF)(CF)c1[c]ccc(C(F)(F)F)c1. The standard InChI is InChI=1S/C12H8F5/c1-2-11(7-13,8-14)9-4-3-5-10(6-9)12(15,16)17/h1,3,5-6H,7-8H2. The van der Waals surface area contributed by atoms with Gasteiger partial charge in [0.25, 0.3) is 0 Å². The van der Waals surface area contributed by atoms with Crippen LogP contribution in [0.4, 0.5) is 22.0 Å². The summed E-state index contributed by atoms with van der Waals surface area (Å²) in [5, 5.41) is 0. The van der Waals surface area contributed by atoms with E-state index >= 15 is 0 Å². The molecule has 0 N–H and O–H groups in total. The molecule has 0 aliphatic carbocycles. The van der Waals surface area contributed by atoms with Crippen LogP contribution < -0.4 is 0 Å². The molecule has 0 heterocycles. The monoisotopic (exact) mass is 247 g/mol. The van der Waals surface area contributed by atoms with Crippen LogP contribution in [0.2, 0.25) is 0 Å². The molecule has 0 amide bonds. The molecule has 0 aliphatic heterocycles. The molecule has 5 heteroatoms. The van der Waals surface area contributed by atoms with Crippen molar-refractivity contribution in [2.24, 2.45) is 0 Å². The topological polar surface area (TPSA) is 0 Å². The maximum atomic E-state index is 12.7. The second-order valence-corrected chi connectivity index (χ2v) is 3.48. The minimum Gasteiger partial charge on any atom is -0.249 e. The molecule has 0 aliphatic rings. The van der Waals surface area contributed by atoms with Gasteiger partial charge in [0.1, 0.15) is 18.8 Å². The molecule has 0 aromatic heterocycles. The lowest BCUT2D eigenvalue weighted by molar-refractivity contribution is -0.137. The first-order valence-corrected chi connectivity index (χ1v) is 4.59. The molecule has 17 heavy (non-hydrogen) atoms. The van der Waals surface area contributed by atoms with Crippen molar-refractivity contribution in [3.8, 4) is 12.3 Å². The first-order chi connectivity index (χ1) is 7.89. The van der Waals surface area contributed by atoms with E-state index in [-0.39, 0.29) is 5.56 Å². The van der Waals surface area contributed by atoms with E-state index in [2.05, 4.69) is 6.07 Å². The number of alkyl halides is 5. The van der Waals surface area contributed by atoms with E-state index in [1.54, 1.807) is 0 Å². The van der Waals surface area contributed by atoms with Crippen LogP contribution in [-0.2, 0) is 11.6 Å². The van der Waals surface area contributed by atoms with Gasteiger partial charge in [0.05, 0.1) is 5.56 Å². The molecule has 1 radical (unpaired) electrons. The van der Waals surface area contributed by atoms with Crippen LogP contribution in [-0.4, -0.2) is 13.3 Å². The molecule has 1 rings (SSSR count). The van der Waals surface area contributed by atoms with E-state index in [1.165, 1.54) is 0 Å². The van der Waals surface area contributed by atoms with Crippen molar-refractivity contribution >= 4 is 0 Å². The number of halogens is 5. The Balaban J connectivity index is 3.29. The Morgan fingerprint density at radius 1 is 1.24 bits per heavy atom. The van der Waals surface area contributed by atoms with Crippen molar-refractivity contribution in [1.82, 2.24) is 0 Å². The van der Waals surface area contributed by atoms with Gasteiger partial charge in [0.2, 0.25) is 0 Å². The molecular formula is C12H8F5. The van der Waals surface area contributed by atoms with Gasteiger partial charge in [0, 0.05) is 0 Å². The second-order valence-electron chi connectivity index (χ2n) is 3.48. The lowest BCUT2D eigenvalue weighted by Gasteiger charge is -2.22. The molecule has 0 saturated carbocycles. The van der Waals surface area contributed by atoms with E-state index < -0.39 is 30.5 Å². The zero-order valence-electron chi connectivity index (χ0n) is 8.61. The van der Waals surface area contributed by atoms with Gasteiger partial charge in [0.15, 0.2) is 0 Å². The summed E-state index contributed by atoms with van der Waals surface area (Å²) in [6.07, 6.45) is 0.402. The zero-order chi connectivity index (χ0) is 13.1. The number of terminal acetylenes is 1. The van der Waals surface area contributed by atoms with Crippen molar-refractivity contribution in [3.63, 3.8) is 0 Å². The normalized spacial score (nSPS) is 12.2. The molecule has 0 bridgehead atoms. The molecule has 91 valence electrons. The quantitative estimate of drug-likeness (QED) is 0.567. The summed E-state index contributed by atoms with van der Waals surface area (Å²) in [6, 6.07) is 4.70. The summed E-state index contributed by atoms with van der Waals surface area (Å²) >= 11 is 0. The van der Waals surface area contributed by atoms with Crippen LogP contribution in [0.3, 0.4) is 0 Å². The van der Waals surface area contributed by atoms with Gasteiger partial charge in [-0.2, -0.15) is 13.2 Å². The smallest absolute Gasteiger partial charge is 0.249 e. The van der Waals surface area contributed by atoms with Gasteiger partial charge >= 0.3 is 6.18 Å². The third-order valence-electron chi connectivity index (χ3n) is 2.38. The van der Waals surface area contributed by atoms with Crippen LogP contribution in [0.15, 0.2) is 18.2 Å². The Morgan fingerprint density at radius 2 is 1.82 bits per heavy atom. The fourth-order valence-electron chi connectivity index (χ4n) is 1.25. The van der Waals surface area contributed by atoms with E-state index in [0.29, 0.717) is 6.07 Å². The molecule has 1 aromatic rings. The maximum absolute atomic E-state index is 12.7. The van der Waals surface area contributed by atoms with Crippen LogP contribution in [0.1, 0.15) is 11.1 Å². The number of hydrogen-bond donors (Lipinski definition) is 0.